The smallest absolute Gasteiger partial charge is 0.300 e. The summed E-state index contributed by atoms with van der Waals surface area (Å²) in [5.74, 6) is -7.85. The Morgan fingerprint density at radius 3 is 1.54 bits per heavy atom. The summed E-state index contributed by atoms with van der Waals surface area (Å²) in [5, 5.41) is 17.3. The van der Waals surface area contributed by atoms with Crippen molar-refractivity contribution in [3.05, 3.63) is 162 Å². The van der Waals surface area contributed by atoms with Gasteiger partial charge < -0.3 is 48.6 Å². The van der Waals surface area contributed by atoms with Gasteiger partial charge in [-0.25, -0.2) is 17.6 Å². The van der Waals surface area contributed by atoms with Crippen molar-refractivity contribution in [3.63, 3.8) is 0 Å². The minimum absolute atomic E-state index is 0.00346. The molecule has 4 aliphatic heterocycles. The second-order valence-electron chi connectivity index (χ2n) is 16.5. The molecular formula is C47H44F4N6O14. The number of rotatable bonds is 13. The molecule has 2 atom stereocenters. The van der Waals surface area contributed by atoms with Gasteiger partial charge in [-0.05, 0) is 17.7 Å². The molecule has 20 nitrogen and oxygen atoms in total. The number of ether oxygens (including phenoxy) is 5. The van der Waals surface area contributed by atoms with Gasteiger partial charge in [-0.2, -0.15) is 10.1 Å². The zero-order valence-electron chi connectivity index (χ0n) is 38.2. The molecule has 0 aliphatic carbocycles. The minimum atomic E-state index is -1.09. The molecule has 2 saturated heterocycles. The number of nitrogens with one attached hydrogen (secondary N) is 2. The van der Waals surface area contributed by atoms with Crippen molar-refractivity contribution in [1.29, 1.82) is 0 Å². The Labute approximate surface area is 399 Å². The maximum atomic E-state index is 14.1. The average molecular weight is 993 g/mol. The van der Waals surface area contributed by atoms with Gasteiger partial charge in [-0.15, -0.1) is 0 Å². The lowest BCUT2D eigenvalue weighted by Gasteiger charge is -2.53. The molecule has 0 radical (unpaired) electrons. The van der Waals surface area contributed by atoms with Gasteiger partial charge in [0.25, 0.3) is 11.8 Å². The number of pyridine rings is 2. The van der Waals surface area contributed by atoms with Crippen LogP contribution in [0.4, 0.5) is 17.6 Å². The van der Waals surface area contributed by atoms with Crippen molar-refractivity contribution in [3.8, 4) is 11.5 Å². The highest BCUT2D eigenvalue weighted by molar-refractivity contribution is 6.00. The highest BCUT2D eigenvalue weighted by atomic mass is 19.1. The average Bonchev–Trinajstić information content (AvgIpc) is 3.32. The number of methoxy groups -OCH3 is 2. The lowest BCUT2D eigenvalue weighted by Crippen LogP contribution is -2.70. The summed E-state index contributed by atoms with van der Waals surface area (Å²) in [6.45, 7) is -0.420. The molecule has 3 N–H and O–H groups in total. The number of hydrogen-bond acceptors (Lipinski definition) is 14. The van der Waals surface area contributed by atoms with Crippen LogP contribution in [0.5, 0.6) is 11.5 Å². The molecule has 374 valence electrons. The normalized spacial score (nSPS) is 18.1. The predicted molar refractivity (Wildman–Crippen MR) is 234 cm³/mol. The summed E-state index contributed by atoms with van der Waals surface area (Å²) in [5.41, 5.74) is -4.60. The summed E-state index contributed by atoms with van der Waals surface area (Å²) in [4.78, 5) is 89.1. The van der Waals surface area contributed by atoms with Crippen LogP contribution in [0, 0.1) is 23.3 Å². The van der Waals surface area contributed by atoms with Gasteiger partial charge in [0.1, 0.15) is 52.1 Å². The molecule has 4 aliphatic rings. The Kier molecular flexibility index (Phi) is 14.1. The van der Waals surface area contributed by atoms with Crippen LogP contribution >= 0.6 is 0 Å². The number of aromatic hydroxyl groups is 1. The Bertz CT molecular complexity index is 3040. The number of hydroxylamine groups is 4. The van der Waals surface area contributed by atoms with E-state index in [9.17, 15) is 51.4 Å². The monoisotopic (exact) mass is 992 g/mol. The standard InChI is InChI=1S/C27H25F2N3O7.C20H19F2N3O7/c1-36-26-27(14-38-15-27)31-12-19(24(34)30-11-17-8-9-18(28)10-20(17)29)22(33)23(21(31)25(35)32(26)37-2)39-13-16-6-4-3-5-7-16;1-30-19-20(8-32-9-20)24-7-12(15(26)16(27)14(24)18(29)25(19)31-2)17(28)23-6-10-3-4-11(21)5-13(10)22/h3-10,12,26H,11,13-15H2,1-2H3,(H,30,34);3-5,7,19,27H,6,8-9H2,1-2H3,(H,23,28). The Morgan fingerprint density at radius 1 is 0.662 bits per heavy atom. The van der Waals surface area contributed by atoms with Crippen LogP contribution in [0.25, 0.3) is 0 Å². The number of halogens is 4. The first kappa shape index (κ1) is 49.9. The van der Waals surface area contributed by atoms with E-state index in [-0.39, 0.29) is 80.0 Å². The first-order valence-corrected chi connectivity index (χ1v) is 21.4. The molecule has 2 unspecified atom stereocenters. The Morgan fingerprint density at radius 2 is 1.11 bits per heavy atom. The molecule has 9 rings (SSSR count). The van der Waals surface area contributed by atoms with Crippen LogP contribution in [-0.4, -0.2) is 115 Å². The van der Waals surface area contributed by atoms with Crippen LogP contribution in [0.1, 0.15) is 58.4 Å². The number of nitrogens with zero attached hydrogens (tertiary/aromatic N) is 4. The SMILES string of the molecule is COC1N(OC)C(=O)c2c(O)c(=O)c(C(=O)NCc3ccc(F)cc3F)cn2C12COC2.COC1N(OC)C(=O)c2c(OCc3ccccc3)c(=O)c(C(=O)NCc3ccc(F)cc3F)cn2C12COC2. The molecule has 2 aromatic heterocycles. The fourth-order valence-electron chi connectivity index (χ4n) is 8.63. The fourth-order valence-corrected chi connectivity index (χ4v) is 8.63. The molecule has 24 heteroatoms. The molecule has 0 saturated carbocycles. The van der Waals surface area contributed by atoms with E-state index >= 15 is 0 Å². The molecule has 3 aromatic carbocycles. The van der Waals surface area contributed by atoms with Crippen molar-refractivity contribution in [1.82, 2.24) is 29.9 Å². The predicted octanol–water partition coefficient (Wildman–Crippen LogP) is 2.83. The molecule has 0 bridgehead atoms. The van der Waals surface area contributed by atoms with Crippen molar-refractivity contribution < 1.29 is 75.2 Å². The minimum Gasteiger partial charge on any atom is -0.503 e. The molecule has 2 spiro atoms. The maximum Gasteiger partial charge on any atom is 0.300 e. The van der Waals surface area contributed by atoms with Crippen LogP contribution < -0.4 is 26.2 Å². The van der Waals surface area contributed by atoms with Crippen LogP contribution in [0.15, 0.2) is 88.7 Å². The van der Waals surface area contributed by atoms with Crippen molar-refractivity contribution in [2.45, 2.75) is 43.2 Å². The lowest BCUT2D eigenvalue weighted by molar-refractivity contribution is -0.283. The maximum absolute atomic E-state index is 14.1. The van der Waals surface area contributed by atoms with Gasteiger partial charge in [0.05, 0.1) is 40.6 Å². The van der Waals surface area contributed by atoms with Crippen molar-refractivity contribution in [2.24, 2.45) is 0 Å². The van der Waals surface area contributed by atoms with E-state index in [2.05, 4.69) is 10.6 Å². The van der Waals surface area contributed by atoms with E-state index in [0.717, 1.165) is 40.1 Å². The molecule has 5 aromatic rings. The number of hydrogen-bond donors (Lipinski definition) is 3. The number of amides is 4. The third kappa shape index (κ3) is 8.78. The summed E-state index contributed by atoms with van der Waals surface area (Å²) in [6, 6.07) is 14.8. The summed E-state index contributed by atoms with van der Waals surface area (Å²) in [7, 11) is 5.28. The van der Waals surface area contributed by atoms with Gasteiger partial charge in [-0.1, -0.05) is 42.5 Å². The van der Waals surface area contributed by atoms with E-state index in [4.69, 9.17) is 33.4 Å². The van der Waals surface area contributed by atoms with E-state index < -0.39 is 92.6 Å². The second-order valence-corrected chi connectivity index (χ2v) is 16.5. The van der Waals surface area contributed by atoms with Crippen LogP contribution in [-0.2, 0) is 59.4 Å². The van der Waals surface area contributed by atoms with Crippen molar-refractivity contribution in [2.75, 3.05) is 54.9 Å². The molecule has 6 heterocycles. The zero-order valence-corrected chi connectivity index (χ0v) is 38.2. The largest absolute Gasteiger partial charge is 0.503 e. The van der Waals surface area contributed by atoms with Crippen LogP contribution in [0.3, 0.4) is 0 Å². The van der Waals surface area contributed by atoms with E-state index in [0.29, 0.717) is 12.1 Å². The molecule has 71 heavy (non-hydrogen) atoms. The van der Waals surface area contributed by atoms with Gasteiger partial charge in [0.15, 0.2) is 35.3 Å². The number of benzene rings is 3. The number of aromatic nitrogens is 2. The van der Waals surface area contributed by atoms with Gasteiger partial charge >= 0.3 is 11.8 Å². The number of fused-ring (bicyclic) bond motifs is 4. The van der Waals surface area contributed by atoms with Gasteiger partial charge in [0.2, 0.25) is 10.9 Å². The van der Waals surface area contributed by atoms with Crippen LogP contribution in [0.2, 0.25) is 0 Å². The summed E-state index contributed by atoms with van der Waals surface area (Å²) >= 11 is 0. The fraction of sp³-hybridized carbons (Fsp3) is 0.319. The topological polar surface area (TPSA) is 228 Å². The Balaban J connectivity index is 0.000000194. The number of carbonyl (C=O) groups is 4. The molecule has 4 amide bonds. The van der Waals surface area contributed by atoms with Gasteiger partial charge in [-0.3, -0.25) is 38.4 Å². The van der Waals surface area contributed by atoms with E-state index in [1.807, 2.05) is 6.07 Å². The second kappa shape index (κ2) is 20.1. The first-order valence-electron chi connectivity index (χ1n) is 21.4. The summed E-state index contributed by atoms with van der Waals surface area (Å²) in [6.07, 6.45) is 0.480. The quantitative estimate of drug-likeness (QED) is 0.144. The highest BCUT2D eigenvalue weighted by Gasteiger charge is 2.59. The third-order valence-electron chi connectivity index (χ3n) is 12.3. The first-order chi connectivity index (χ1) is 34.0. The Hall–Kier alpha value is -7.48. The highest BCUT2D eigenvalue weighted by Crippen LogP contribution is 2.42. The molecular weight excluding hydrogens is 949 g/mol. The number of carbonyl (C=O) groups excluding carboxylic acids is 4. The summed E-state index contributed by atoms with van der Waals surface area (Å²) < 4.78 is 84.8. The van der Waals surface area contributed by atoms with E-state index in [1.165, 1.54) is 49.8 Å². The lowest BCUT2D eigenvalue weighted by atomic mass is 9.90. The zero-order chi connectivity index (χ0) is 50.9. The third-order valence-corrected chi connectivity index (χ3v) is 12.3. The van der Waals surface area contributed by atoms with Gasteiger partial charge in [0, 0.05) is 63.0 Å². The van der Waals surface area contributed by atoms with Crippen molar-refractivity contribution >= 4 is 23.6 Å². The molecule has 2 fully saturated rings. The van der Waals surface area contributed by atoms with E-state index in [1.54, 1.807) is 24.3 Å².